The van der Waals surface area contributed by atoms with Crippen LogP contribution >= 0.6 is 0 Å². The summed E-state index contributed by atoms with van der Waals surface area (Å²) in [7, 11) is 0. The molecule has 0 fully saturated rings. The van der Waals surface area contributed by atoms with Crippen LogP contribution < -0.4 is 0 Å². The second-order valence-electron chi connectivity index (χ2n) is 5.69. The van der Waals surface area contributed by atoms with Gasteiger partial charge in [-0.25, -0.2) is 0 Å². The molecule has 1 unspecified atom stereocenters. The minimum absolute atomic E-state index is 0.271. The van der Waals surface area contributed by atoms with Gasteiger partial charge in [0.25, 0.3) is 0 Å². The van der Waals surface area contributed by atoms with E-state index in [2.05, 4.69) is 54.2 Å². The molecule has 0 N–H and O–H groups in total. The van der Waals surface area contributed by atoms with Crippen molar-refractivity contribution in [2.45, 2.75) is 48.0 Å². The molecule has 0 aromatic carbocycles. The monoisotopic (exact) mass is 168 g/mol. The summed E-state index contributed by atoms with van der Waals surface area (Å²) in [6.07, 6.45) is 3.33. The van der Waals surface area contributed by atoms with Gasteiger partial charge in [0.05, 0.1) is 0 Å². The second kappa shape index (κ2) is 3.64. The van der Waals surface area contributed by atoms with Gasteiger partial charge >= 0.3 is 0 Å². The average molecular weight is 168 g/mol. The quantitative estimate of drug-likeness (QED) is 0.552. The van der Waals surface area contributed by atoms with Crippen molar-refractivity contribution >= 4 is 0 Å². The summed E-state index contributed by atoms with van der Waals surface area (Å²) >= 11 is 0. The van der Waals surface area contributed by atoms with E-state index in [1.165, 1.54) is 6.42 Å². The summed E-state index contributed by atoms with van der Waals surface area (Å²) in [5.74, 6) is 0.704. The third kappa shape index (κ3) is 3.94. The summed E-state index contributed by atoms with van der Waals surface area (Å²) < 4.78 is 0. The third-order valence-corrected chi connectivity index (χ3v) is 2.71. The van der Waals surface area contributed by atoms with Gasteiger partial charge in [-0.2, -0.15) is 0 Å². The molecule has 0 heterocycles. The average Bonchev–Trinajstić information content (AvgIpc) is 1.84. The molecule has 0 nitrogen and oxygen atoms in total. The van der Waals surface area contributed by atoms with Crippen molar-refractivity contribution in [1.29, 1.82) is 0 Å². The Morgan fingerprint density at radius 1 is 1.17 bits per heavy atom. The van der Waals surface area contributed by atoms with Crippen molar-refractivity contribution in [2.75, 3.05) is 0 Å². The van der Waals surface area contributed by atoms with E-state index in [0.717, 1.165) is 0 Å². The minimum Gasteiger partial charge on any atom is -0.103 e. The number of hydrogen-bond acceptors (Lipinski definition) is 0. The minimum atomic E-state index is 0.271. The molecule has 0 aliphatic heterocycles. The van der Waals surface area contributed by atoms with Gasteiger partial charge in [0.15, 0.2) is 0 Å². The highest BCUT2D eigenvalue weighted by atomic mass is 14.3. The molecular weight excluding hydrogens is 144 g/mol. The normalized spacial score (nSPS) is 15.8. The summed E-state index contributed by atoms with van der Waals surface area (Å²) in [5, 5.41) is 0. The molecule has 0 bridgehead atoms. The van der Waals surface area contributed by atoms with Crippen LogP contribution in [0.4, 0.5) is 0 Å². The van der Waals surface area contributed by atoms with E-state index in [0.29, 0.717) is 11.3 Å². The number of hydrogen-bond donors (Lipinski definition) is 0. The van der Waals surface area contributed by atoms with Gasteiger partial charge in [-0.1, -0.05) is 47.6 Å². The maximum atomic E-state index is 3.88. The van der Waals surface area contributed by atoms with E-state index in [9.17, 15) is 0 Å². The first-order valence-corrected chi connectivity index (χ1v) is 4.82. The second-order valence-corrected chi connectivity index (χ2v) is 5.69. The van der Waals surface area contributed by atoms with Crippen molar-refractivity contribution in [3.05, 3.63) is 12.7 Å². The van der Waals surface area contributed by atoms with Gasteiger partial charge < -0.3 is 0 Å². The van der Waals surface area contributed by atoms with Gasteiger partial charge in [-0.05, 0) is 23.2 Å². The largest absolute Gasteiger partial charge is 0.103 e. The van der Waals surface area contributed by atoms with Gasteiger partial charge in [0.1, 0.15) is 0 Å². The Balaban J connectivity index is 4.22. The van der Waals surface area contributed by atoms with Gasteiger partial charge in [-0.15, -0.1) is 6.58 Å². The van der Waals surface area contributed by atoms with E-state index >= 15 is 0 Å². The van der Waals surface area contributed by atoms with Crippen LogP contribution in [0.5, 0.6) is 0 Å². The van der Waals surface area contributed by atoms with Crippen molar-refractivity contribution in [3.63, 3.8) is 0 Å². The number of rotatable bonds is 3. The first-order valence-electron chi connectivity index (χ1n) is 4.82. The molecule has 0 aliphatic carbocycles. The van der Waals surface area contributed by atoms with Crippen molar-refractivity contribution in [2.24, 2.45) is 16.7 Å². The molecule has 0 saturated heterocycles. The van der Waals surface area contributed by atoms with Gasteiger partial charge in [-0.3, -0.25) is 0 Å². The molecule has 0 rings (SSSR count). The summed E-state index contributed by atoms with van der Waals surface area (Å²) in [6, 6.07) is 0. The van der Waals surface area contributed by atoms with Gasteiger partial charge in [0, 0.05) is 0 Å². The first kappa shape index (κ1) is 11.7. The lowest BCUT2D eigenvalue weighted by atomic mass is 9.72. The van der Waals surface area contributed by atoms with Crippen LogP contribution in [0.1, 0.15) is 48.0 Å². The topological polar surface area (TPSA) is 0 Å². The summed E-state index contributed by atoms with van der Waals surface area (Å²) in [5.41, 5.74) is 0.701. The van der Waals surface area contributed by atoms with E-state index in [1.807, 2.05) is 0 Å². The van der Waals surface area contributed by atoms with Crippen molar-refractivity contribution in [1.82, 2.24) is 0 Å². The Bertz CT molecular complexity index is 146. The van der Waals surface area contributed by atoms with Gasteiger partial charge in [0.2, 0.25) is 0 Å². The lowest BCUT2D eigenvalue weighted by molar-refractivity contribution is 0.208. The predicted molar refractivity (Wildman–Crippen MR) is 57.2 cm³/mol. The fourth-order valence-electron chi connectivity index (χ4n) is 1.38. The first-order chi connectivity index (χ1) is 5.19. The third-order valence-electron chi connectivity index (χ3n) is 2.71. The molecule has 72 valence electrons. The van der Waals surface area contributed by atoms with Crippen LogP contribution in [0, 0.1) is 16.7 Å². The highest BCUT2D eigenvalue weighted by Gasteiger charge is 2.26. The molecule has 0 heteroatoms. The van der Waals surface area contributed by atoms with E-state index in [1.54, 1.807) is 0 Å². The van der Waals surface area contributed by atoms with Crippen LogP contribution in [-0.2, 0) is 0 Å². The molecule has 0 aromatic rings. The molecule has 0 aliphatic rings. The molecule has 0 saturated carbocycles. The van der Waals surface area contributed by atoms with Crippen LogP contribution in [0.2, 0.25) is 0 Å². The molecule has 0 spiro atoms. The molecule has 0 radical (unpaired) electrons. The van der Waals surface area contributed by atoms with Crippen LogP contribution in [-0.4, -0.2) is 0 Å². The zero-order valence-electron chi connectivity index (χ0n) is 9.57. The van der Waals surface area contributed by atoms with Crippen LogP contribution in [0.15, 0.2) is 12.7 Å². The lowest BCUT2D eigenvalue weighted by Crippen LogP contribution is -2.23. The molecular formula is C12H24. The SMILES string of the molecule is C=CC(C)(C)C(C)CC(C)(C)C. The van der Waals surface area contributed by atoms with E-state index in [-0.39, 0.29) is 5.41 Å². The molecule has 0 aromatic heterocycles. The standard InChI is InChI=1S/C12H24/c1-8-12(6,7)10(2)9-11(3,4)5/h8,10H,1,9H2,2-7H3. The number of allylic oxidation sites excluding steroid dienone is 1. The van der Waals surface area contributed by atoms with Crippen molar-refractivity contribution < 1.29 is 0 Å². The fourth-order valence-corrected chi connectivity index (χ4v) is 1.38. The Morgan fingerprint density at radius 2 is 1.58 bits per heavy atom. The molecule has 12 heavy (non-hydrogen) atoms. The Labute approximate surface area is 78.1 Å². The van der Waals surface area contributed by atoms with E-state index < -0.39 is 0 Å². The summed E-state index contributed by atoms with van der Waals surface area (Å²) in [6.45, 7) is 17.6. The zero-order valence-corrected chi connectivity index (χ0v) is 9.57. The molecule has 1 atom stereocenters. The Morgan fingerprint density at radius 3 is 1.83 bits per heavy atom. The summed E-state index contributed by atoms with van der Waals surface area (Å²) in [4.78, 5) is 0. The van der Waals surface area contributed by atoms with E-state index in [4.69, 9.17) is 0 Å². The van der Waals surface area contributed by atoms with Crippen LogP contribution in [0.3, 0.4) is 0 Å². The maximum absolute atomic E-state index is 3.88. The lowest BCUT2D eigenvalue weighted by Gasteiger charge is -2.33. The Kier molecular flexibility index (Phi) is 3.56. The highest BCUT2D eigenvalue weighted by Crippen LogP contribution is 2.36. The highest BCUT2D eigenvalue weighted by molar-refractivity contribution is 4.92. The maximum Gasteiger partial charge on any atom is -0.0152 e. The van der Waals surface area contributed by atoms with Crippen LogP contribution in [0.25, 0.3) is 0 Å². The Hall–Kier alpha value is -0.260. The predicted octanol–water partition coefficient (Wildman–Crippen LogP) is 4.27. The zero-order chi connectivity index (χ0) is 9.99. The smallest absolute Gasteiger partial charge is 0.0152 e. The molecule has 0 amide bonds. The fraction of sp³-hybridized carbons (Fsp3) is 0.833. The van der Waals surface area contributed by atoms with Crippen molar-refractivity contribution in [3.8, 4) is 0 Å².